The SMILES string of the molecule is CCCOC(=O)c1cnns1. The maximum absolute atomic E-state index is 11.0. The van der Waals surface area contributed by atoms with Crippen LogP contribution in [0.5, 0.6) is 0 Å². The molecule has 1 heterocycles. The molecule has 0 aliphatic heterocycles. The maximum Gasteiger partial charge on any atom is 0.351 e. The highest BCUT2D eigenvalue weighted by molar-refractivity contribution is 7.07. The molecule has 0 radical (unpaired) electrons. The van der Waals surface area contributed by atoms with Gasteiger partial charge >= 0.3 is 5.97 Å². The van der Waals surface area contributed by atoms with Crippen molar-refractivity contribution in [3.05, 3.63) is 11.1 Å². The third-order valence-electron chi connectivity index (χ3n) is 1.000. The van der Waals surface area contributed by atoms with E-state index in [0.29, 0.717) is 11.5 Å². The second kappa shape index (κ2) is 4.02. The minimum absolute atomic E-state index is 0.332. The molecule has 0 spiro atoms. The van der Waals surface area contributed by atoms with Crippen LogP contribution in [-0.2, 0) is 4.74 Å². The third-order valence-corrected chi connectivity index (χ3v) is 1.64. The van der Waals surface area contributed by atoms with Gasteiger partial charge in [-0.3, -0.25) is 0 Å². The van der Waals surface area contributed by atoms with Crippen molar-refractivity contribution in [2.75, 3.05) is 6.61 Å². The van der Waals surface area contributed by atoms with E-state index >= 15 is 0 Å². The van der Waals surface area contributed by atoms with E-state index in [4.69, 9.17) is 4.74 Å². The molecule has 0 unspecified atom stereocenters. The highest BCUT2D eigenvalue weighted by Crippen LogP contribution is 2.03. The summed E-state index contributed by atoms with van der Waals surface area (Å²) in [5.74, 6) is -0.332. The predicted octanol–water partition coefficient (Wildman–Crippen LogP) is 1.10. The van der Waals surface area contributed by atoms with E-state index in [1.807, 2.05) is 6.92 Å². The quantitative estimate of drug-likeness (QED) is 0.641. The summed E-state index contributed by atoms with van der Waals surface area (Å²) in [6, 6.07) is 0. The van der Waals surface area contributed by atoms with Crippen LogP contribution < -0.4 is 0 Å². The van der Waals surface area contributed by atoms with Gasteiger partial charge in [-0.05, 0) is 18.0 Å². The first-order chi connectivity index (χ1) is 5.34. The van der Waals surface area contributed by atoms with Crippen molar-refractivity contribution in [3.8, 4) is 0 Å². The van der Waals surface area contributed by atoms with Gasteiger partial charge in [-0.2, -0.15) is 0 Å². The lowest BCUT2D eigenvalue weighted by molar-refractivity contribution is 0.0510. The van der Waals surface area contributed by atoms with Crippen molar-refractivity contribution in [2.24, 2.45) is 0 Å². The summed E-state index contributed by atoms with van der Waals surface area (Å²) < 4.78 is 8.37. The first-order valence-corrected chi connectivity index (χ1v) is 4.06. The molecule has 5 heteroatoms. The summed E-state index contributed by atoms with van der Waals surface area (Å²) in [7, 11) is 0. The Balaban J connectivity index is 2.43. The average molecular weight is 172 g/mol. The van der Waals surface area contributed by atoms with Gasteiger partial charge in [0.05, 0.1) is 12.8 Å². The average Bonchev–Trinajstić information content (AvgIpc) is 2.52. The number of nitrogens with zero attached hydrogens (tertiary/aromatic N) is 2. The molecule has 0 aliphatic carbocycles. The molecule has 0 bridgehead atoms. The van der Waals surface area contributed by atoms with Crippen molar-refractivity contribution in [1.82, 2.24) is 9.59 Å². The van der Waals surface area contributed by atoms with Crippen LogP contribution in [0, 0.1) is 0 Å². The fourth-order valence-corrected chi connectivity index (χ4v) is 0.933. The second-order valence-corrected chi connectivity index (χ2v) is 2.70. The van der Waals surface area contributed by atoms with Crippen LogP contribution in [0.15, 0.2) is 6.20 Å². The molecule has 11 heavy (non-hydrogen) atoms. The van der Waals surface area contributed by atoms with Crippen LogP contribution in [0.1, 0.15) is 23.0 Å². The number of rotatable bonds is 3. The highest BCUT2D eigenvalue weighted by Gasteiger charge is 2.08. The van der Waals surface area contributed by atoms with Gasteiger partial charge in [-0.1, -0.05) is 11.4 Å². The molecular formula is C6H8N2O2S. The van der Waals surface area contributed by atoms with Gasteiger partial charge in [0.1, 0.15) is 0 Å². The molecule has 4 nitrogen and oxygen atoms in total. The molecule has 1 rings (SSSR count). The Morgan fingerprint density at radius 1 is 1.82 bits per heavy atom. The molecular weight excluding hydrogens is 164 g/mol. The molecule has 60 valence electrons. The van der Waals surface area contributed by atoms with E-state index in [1.165, 1.54) is 6.20 Å². The lowest BCUT2D eigenvalue weighted by Crippen LogP contribution is -2.03. The summed E-state index contributed by atoms with van der Waals surface area (Å²) in [4.78, 5) is 11.4. The number of hydrogen-bond donors (Lipinski definition) is 0. The summed E-state index contributed by atoms with van der Waals surface area (Å²) in [6.07, 6.45) is 2.24. The molecule has 0 saturated carbocycles. The second-order valence-electron chi connectivity index (χ2n) is 1.92. The Morgan fingerprint density at radius 2 is 2.64 bits per heavy atom. The van der Waals surface area contributed by atoms with Crippen LogP contribution in [0.25, 0.3) is 0 Å². The zero-order valence-electron chi connectivity index (χ0n) is 6.11. The van der Waals surface area contributed by atoms with Crippen molar-refractivity contribution in [1.29, 1.82) is 0 Å². The zero-order chi connectivity index (χ0) is 8.10. The van der Waals surface area contributed by atoms with Gasteiger partial charge in [0.15, 0.2) is 4.88 Å². The van der Waals surface area contributed by atoms with Gasteiger partial charge in [0.25, 0.3) is 0 Å². The first kappa shape index (κ1) is 8.13. The van der Waals surface area contributed by atoms with Crippen LogP contribution in [0.2, 0.25) is 0 Å². The van der Waals surface area contributed by atoms with E-state index in [0.717, 1.165) is 18.0 Å². The largest absolute Gasteiger partial charge is 0.461 e. The predicted molar refractivity (Wildman–Crippen MR) is 40.5 cm³/mol. The van der Waals surface area contributed by atoms with Gasteiger partial charge in [0, 0.05) is 0 Å². The molecule has 0 amide bonds. The van der Waals surface area contributed by atoms with E-state index in [1.54, 1.807) is 0 Å². The Morgan fingerprint density at radius 3 is 3.18 bits per heavy atom. The van der Waals surface area contributed by atoms with Crippen molar-refractivity contribution in [3.63, 3.8) is 0 Å². The van der Waals surface area contributed by atoms with Gasteiger partial charge in [-0.25, -0.2) is 4.79 Å². The number of hydrogen-bond acceptors (Lipinski definition) is 5. The molecule has 1 aromatic heterocycles. The van der Waals surface area contributed by atoms with E-state index in [2.05, 4.69) is 9.59 Å². The molecule has 0 aromatic carbocycles. The standard InChI is InChI=1S/C6H8N2O2S/c1-2-3-10-6(9)5-4-7-8-11-5/h4H,2-3H2,1H3. The minimum atomic E-state index is -0.332. The number of aromatic nitrogens is 2. The molecule has 0 N–H and O–H groups in total. The summed E-state index contributed by atoms with van der Waals surface area (Å²) in [5, 5.41) is 3.52. The first-order valence-electron chi connectivity index (χ1n) is 3.29. The molecule has 0 atom stereocenters. The van der Waals surface area contributed by atoms with Gasteiger partial charge in [0.2, 0.25) is 0 Å². The van der Waals surface area contributed by atoms with Crippen molar-refractivity contribution >= 4 is 17.5 Å². The molecule has 0 fully saturated rings. The van der Waals surface area contributed by atoms with Crippen LogP contribution in [0.3, 0.4) is 0 Å². The Bertz CT molecular complexity index is 222. The maximum atomic E-state index is 11.0. The summed E-state index contributed by atoms with van der Waals surface area (Å²) in [6.45, 7) is 2.40. The minimum Gasteiger partial charge on any atom is -0.461 e. The Hall–Kier alpha value is -0.970. The van der Waals surface area contributed by atoms with Gasteiger partial charge in [-0.15, -0.1) is 5.10 Å². The topological polar surface area (TPSA) is 52.1 Å². The van der Waals surface area contributed by atoms with E-state index in [9.17, 15) is 4.79 Å². The smallest absolute Gasteiger partial charge is 0.351 e. The molecule has 0 aliphatic rings. The Kier molecular flexibility index (Phi) is 2.97. The number of esters is 1. The number of ether oxygens (including phenoxy) is 1. The fourth-order valence-electron chi connectivity index (χ4n) is 0.523. The molecule has 1 aromatic rings. The van der Waals surface area contributed by atoms with E-state index in [-0.39, 0.29) is 5.97 Å². The lowest BCUT2D eigenvalue weighted by Gasteiger charge is -1.97. The highest BCUT2D eigenvalue weighted by atomic mass is 32.1. The van der Waals surface area contributed by atoms with Crippen molar-refractivity contribution < 1.29 is 9.53 Å². The monoisotopic (exact) mass is 172 g/mol. The zero-order valence-corrected chi connectivity index (χ0v) is 6.93. The lowest BCUT2D eigenvalue weighted by atomic mass is 10.5. The Labute approximate surface area is 68.4 Å². The normalized spacial score (nSPS) is 9.55. The summed E-state index contributed by atoms with van der Waals surface area (Å²) >= 11 is 1.05. The number of carbonyl (C=O) groups is 1. The van der Waals surface area contributed by atoms with Gasteiger partial charge < -0.3 is 4.74 Å². The fraction of sp³-hybridized carbons (Fsp3) is 0.500. The van der Waals surface area contributed by atoms with E-state index < -0.39 is 0 Å². The summed E-state index contributed by atoms with van der Waals surface area (Å²) in [5.41, 5.74) is 0. The van der Waals surface area contributed by atoms with Crippen LogP contribution in [-0.4, -0.2) is 22.2 Å². The van der Waals surface area contributed by atoms with Crippen LogP contribution >= 0.6 is 11.5 Å². The number of carbonyl (C=O) groups excluding carboxylic acids is 1. The van der Waals surface area contributed by atoms with Crippen molar-refractivity contribution in [2.45, 2.75) is 13.3 Å². The third kappa shape index (κ3) is 2.27. The molecule has 0 saturated heterocycles. The van der Waals surface area contributed by atoms with Crippen LogP contribution in [0.4, 0.5) is 0 Å².